The van der Waals surface area contributed by atoms with Crippen LogP contribution < -0.4 is 4.74 Å². The van der Waals surface area contributed by atoms with Crippen molar-refractivity contribution in [1.82, 2.24) is 9.97 Å². The molecular formula is C57H36N2O. The standard InChI is InChI=1S/C57H36N2O/c1-3-17-38(18-4-1)52-36-53(59-56(58-52)39-19-5-2-6-20-39)43-24-14-22-41(35-43)40-21-13-23-42(34-40)45-28-15-31-50-55(45)60-54-44-25-8-7-16-37(44)32-33-51(54)57(50)48-29-11-9-26-46(48)47-27-10-12-30-49(47)57/h1-36H. The molecule has 0 saturated heterocycles. The van der Waals surface area contributed by atoms with Gasteiger partial charge in [-0.15, -0.1) is 0 Å². The zero-order chi connectivity index (χ0) is 39.6. The third kappa shape index (κ3) is 5.23. The van der Waals surface area contributed by atoms with Gasteiger partial charge in [0.25, 0.3) is 0 Å². The molecule has 0 radical (unpaired) electrons. The predicted octanol–water partition coefficient (Wildman–Crippen LogP) is 14.4. The summed E-state index contributed by atoms with van der Waals surface area (Å²) in [5.74, 6) is 2.51. The molecule has 0 N–H and O–H groups in total. The largest absolute Gasteiger partial charge is 0.455 e. The second-order valence-corrected chi connectivity index (χ2v) is 15.6. The van der Waals surface area contributed by atoms with Gasteiger partial charge in [-0.1, -0.05) is 200 Å². The molecule has 9 aromatic carbocycles. The maximum absolute atomic E-state index is 7.30. The van der Waals surface area contributed by atoms with E-state index in [9.17, 15) is 0 Å². The van der Waals surface area contributed by atoms with E-state index in [-0.39, 0.29) is 0 Å². The van der Waals surface area contributed by atoms with Gasteiger partial charge in [0.2, 0.25) is 0 Å². The lowest BCUT2D eigenvalue weighted by atomic mass is 9.65. The summed E-state index contributed by atoms with van der Waals surface area (Å²) >= 11 is 0. The first kappa shape index (κ1) is 34.2. The zero-order valence-electron chi connectivity index (χ0n) is 32.6. The number of benzene rings is 9. The number of nitrogens with zero attached hydrogens (tertiary/aromatic N) is 2. The number of ether oxygens (including phenoxy) is 1. The lowest BCUT2D eigenvalue weighted by Gasteiger charge is -2.40. The first-order valence-corrected chi connectivity index (χ1v) is 20.5. The Balaban J connectivity index is 1.02. The second kappa shape index (κ2) is 13.6. The third-order valence-electron chi connectivity index (χ3n) is 12.4. The van der Waals surface area contributed by atoms with Crippen LogP contribution in [-0.4, -0.2) is 9.97 Å². The SMILES string of the molecule is c1ccc(-c2cc(-c3cccc(-c4cccc(-c5cccc6c5Oc5c(ccc7ccccc57)C65c6ccccc6-c6ccccc65)c4)c3)nc(-c3ccccc3)n2)cc1. The Hall–Kier alpha value is -7.88. The molecule has 0 atom stereocenters. The van der Waals surface area contributed by atoms with Gasteiger partial charge in [0.15, 0.2) is 5.82 Å². The van der Waals surface area contributed by atoms with Crippen LogP contribution in [0.4, 0.5) is 0 Å². The topological polar surface area (TPSA) is 35.0 Å². The third-order valence-corrected chi connectivity index (χ3v) is 12.4. The number of hydrogen-bond acceptors (Lipinski definition) is 3. The minimum atomic E-state index is -0.559. The minimum Gasteiger partial charge on any atom is -0.455 e. The van der Waals surface area contributed by atoms with E-state index >= 15 is 0 Å². The van der Waals surface area contributed by atoms with Crippen LogP contribution in [0.3, 0.4) is 0 Å². The van der Waals surface area contributed by atoms with Crippen molar-refractivity contribution in [2.45, 2.75) is 5.41 Å². The van der Waals surface area contributed by atoms with E-state index in [0.717, 1.165) is 78.2 Å². The molecule has 0 saturated carbocycles. The Kier molecular flexibility index (Phi) is 7.76. The highest BCUT2D eigenvalue weighted by molar-refractivity contribution is 5.97. The van der Waals surface area contributed by atoms with Crippen molar-refractivity contribution in [2.75, 3.05) is 0 Å². The van der Waals surface area contributed by atoms with E-state index in [1.54, 1.807) is 0 Å². The monoisotopic (exact) mass is 764 g/mol. The van der Waals surface area contributed by atoms with Crippen molar-refractivity contribution in [3.63, 3.8) is 0 Å². The molecule has 1 spiro atoms. The Morgan fingerprint density at radius 1 is 0.317 bits per heavy atom. The van der Waals surface area contributed by atoms with Crippen LogP contribution in [0.25, 0.3) is 78.1 Å². The summed E-state index contributed by atoms with van der Waals surface area (Å²) in [4.78, 5) is 10.1. The fraction of sp³-hybridized carbons (Fsp3) is 0.0175. The maximum atomic E-state index is 7.30. The van der Waals surface area contributed by atoms with Gasteiger partial charge >= 0.3 is 0 Å². The van der Waals surface area contributed by atoms with Crippen molar-refractivity contribution >= 4 is 10.8 Å². The van der Waals surface area contributed by atoms with Crippen LogP contribution in [0.5, 0.6) is 11.5 Å². The fourth-order valence-corrected chi connectivity index (χ4v) is 9.67. The smallest absolute Gasteiger partial charge is 0.160 e. The number of aromatic nitrogens is 2. The molecule has 10 aromatic rings. The molecule has 2 heterocycles. The minimum absolute atomic E-state index is 0.559. The summed E-state index contributed by atoms with van der Waals surface area (Å²) < 4.78 is 7.30. The number of rotatable bonds is 5. The molecule has 1 aliphatic heterocycles. The molecule has 60 heavy (non-hydrogen) atoms. The summed E-state index contributed by atoms with van der Waals surface area (Å²) in [5, 5.41) is 2.27. The van der Waals surface area contributed by atoms with Gasteiger partial charge in [-0.25, -0.2) is 9.97 Å². The highest BCUT2D eigenvalue weighted by atomic mass is 16.5. The van der Waals surface area contributed by atoms with E-state index in [0.29, 0.717) is 5.82 Å². The van der Waals surface area contributed by atoms with Crippen LogP contribution in [0.15, 0.2) is 218 Å². The summed E-state index contributed by atoms with van der Waals surface area (Å²) in [6.07, 6.45) is 0. The summed E-state index contributed by atoms with van der Waals surface area (Å²) in [7, 11) is 0. The number of fused-ring (bicyclic) bond motifs is 11. The molecule has 2 aliphatic rings. The van der Waals surface area contributed by atoms with Gasteiger partial charge in [0, 0.05) is 38.8 Å². The Morgan fingerprint density at radius 3 is 1.55 bits per heavy atom. The average Bonchev–Trinajstić information content (AvgIpc) is 3.62. The van der Waals surface area contributed by atoms with Gasteiger partial charge in [0.05, 0.1) is 16.8 Å². The first-order valence-electron chi connectivity index (χ1n) is 20.5. The molecule has 1 aliphatic carbocycles. The van der Waals surface area contributed by atoms with Gasteiger partial charge in [0.1, 0.15) is 11.5 Å². The van der Waals surface area contributed by atoms with Gasteiger partial charge in [-0.3, -0.25) is 0 Å². The molecule has 0 amide bonds. The number of hydrogen-bond donors (Lipinski definition) is 0. The van der Waals surface area contributed by atoms with Gasteiger partial charge in [-0.05, 0) is 62.5 Å². The molecule has 0 bridgehead atoms. The normalized spacial score (nSPS) is 12.9. The van der Waals surface area contributed by atoms with E-state index in [1.807, 2.05) is 36.4 Å². The Bertz CT molecular complexity index is 3190. The summed E-state index contributed by atoms with van der Waals surface area (Å²) in [5.41, 5.74) is 16.1. The van der Waals surface area contributed by atoms with Crippen molar-refractivity contribution in [2.24, 2.45) is 0 Å². The Morgan fingerprint density at radius 2 is 0.817 bits per heavy atom. The fourth-order valence-electron chi connectivity index (χ4n) is 9.67. The van der Waals surface area contributed by atoms with Crippen LogP contribution >= 0.6 is 0 Å². The van der Waals surface area contributed by atoms with Crippen molar-refractivity contribution in [1.29, 1.82) is 0 Å². The molecule has 3 heteroatoms. The highest BCUT2D eigenvalue weighted by Crippen LogP contribution is 2.64. The molecule has 3 nitrogen and oxygen atoms in total. The molecule has 12 rings (SSSR count). The average molecular weight is 765 g/mol. The maximum Gasteiger partial charge on any atom is 0.160 e. The number of para-hydroxylation sites is 1. The van der Waals surface area contributed by atoms with E-state index < -0.39 is 5.41 Å². The van der Waals surface area contributed by atoms with Crippen molar-refractivity contribution in [3.05, 3.63) is 241 Å². The Labute approximate surface area is 348 Å². The van der Waals surface area contributed by atoms with Crippen molar-refractivity contribution < 1.29 is 4.74 Å². The van der Waals surface area contributed by atoms with Gasteiger partial charge in [-0.2, -0.15) is 0 Å². The van der Waals surface area contributed by atoms with Crippen LogP contribution in [0.1, 0.15) is 22.3 Å². The van der Waals surface area contributed by atoms with Crippen LogP contribution in [0.2, 0.25) is 0 Å². The second-order valence-electron chi connectivity index (χ2n) is 15.6. The lowest BCUT2D eigenvalue weighted by molar-refractivity contribution is 0.443. The molecular weight excluding hydrogens is 729 g/mol. The zero-order valence-corrected chi connectivity index (χ0v) is 32.6. The molecule has 0 unspecified atom stereocenters. The van der Waals surface area contributed by atoms with Crippen molar-refractivity contribution in [3.8, 4) is 78.8 Å². The lowest BCUT2D eigenvalue weighted by Crippen LogP contribution is -2.32. The van der Waals surface area contributed by atoms with Crippen LogP contribution in [-0.2, 0) is 5.41 Å². The molecule has 1 aromatic heterocycles. The van der Waals surface area contributed by atoms with Crippen LogP contribution in [0, 0.1) is 0 Å². The van der Waals surface area contributed by atoms with E-state index in [1.165, 1.54) is 27.8 Å². The molecule has 280 valence electrons. The first-order chi connectivity index (χ1) is 29.7. The quantitative estimate of drug-likeness (QED) is 0.175. The summed E-state index contributed by atoms with van der Waals surface area (Å²) in [6.45, 7) is 0. The van der Waals surface area contributed by atoms with E-state index in [4.69, 9.17) is 14.7 Å². The highest BCUT2D eigenvalue weighted by Gasteiger charge is 2.51. The molecule has 0 fully saturated rings. The summed E-state index contributed by atoms with van der Waals surface area (Å²) in [6, 6.07) is 77.8. The van der Waals surface area contributed by atoms with E-state index in [2.05, 4.69) is 182 Å². The van der Waals surface area contributed by atoms with Gasteiger partial charge < -0.3 is 4.74 Å². The predicted molar refractivity (Wildman–Crippen MR) is 244 cm³/mol.